The van der Waals surface area contributed by atoms with Gasteiger partial charge in [0.05, 0.1) is 0 Å². The summed E-state index contributed by atoms with van der Waals surface area (Å²) >= 11 is 6.09. The van der Waals surface area contributed by atoms with Crippen molar-refractivity contribution >= 4 is 28.9 Å². The van der Waals surface area contributed by atoms with Gasteiger partial charge < -0.3 is 15.1 Å². The summed E-state index contributed by atoms with van der Waals surface area (Å²) in [7, 11) is 0. The van der Waals surface area contributed by atoms with Crippen LogP contribution in [0.4, 0.5) is 11.4 Å². The van der Waals surface area contributed by atoms with Gasteiger partial charge >= 0.3 is 0 Å². The van der Waals surface area contributed by atoms with Crippen molar-refractivity contribution in [3.63, 3.8) is 0 Å². The van der Waals surface area contributed by atoms with Gasteiger partial charge in [-0.25, -0.2) is 0 Å². The molecule has 2 aromatic rings. The maximum Gasteiger partial charge on any atom is 0.267 e. The normalized spacial score (nSPS) is 14.5. The van der Waals surface area contributed by atoms with E-state index in [-0.39, 0.29) is 11.5 Å². The van der Waals surface area contributed by atoms with Gasteiger partial charge in [0.15, 0.2) is 0 Å². The minimum atomic E-state index is -0.367. The van der Waals surface area contributed by atoms with Crippen LogP contribution in [0.3, 0.4) is 0 Å². The number of halogens is 1. The molecule has 2 aromatic carbocycles. The number of hydrogen-bond acceptors (Lipinski definition) is 4. The summed E-state index contributed by atoms with van der Waals surface area (Å²) in [5.74, 6) is -0.367. The van der Waals surface area contributed by atoms with Crippen molar-refractivity contribution in [1.82, 2.24) is 4.90 Å². The fourth-order valence-corrected chi connectivity index (χ4v) is 3.67. The van der Waals surface area contributed by atoms with Gasteiger partial charge in [-0.2, -0.15) is 5.26 Å². The highest BCUT2D eigenvalue weighted by molar-refractivity contribution is 6.30. The molecule has 0 bridgehead atoms. The van der Waals surface area contributed by atoms with Crippen LogP contribution in [-0.4, -0.2) is 37.0 Å². The summed E-state index contributed by atoms with van der Waals surface area (Å²) in [6.07, 6.45) is 2.49. The van der Waals surface area contributed by atoms with E-state index in [1.807, 2.05) is 61.2 Å². The fraction of sp³-hybridized carbons (Fsp3) is 0.304. The molecular formula is C23H25ClN4O. The number of carbonyl (C=O) groups excluding carboxylic acids is 1. The highest BCUT2D eigenvalue weighted by Crippen LogP contribution is 2.23. The molecule has 3 rings (SSSR count). The molecule has 0 spiro atoms. The maximum absolute atomic E-state index is 12.7. The Kier molecular flexibility index (Phi) is 6.79. The Labute approximate surface area is 177 Å². The molecule has 0 radical (unpaired) electrons. The topological polar surface area (TPSA) is 59.4 Å². The first-order chi connectivity index (χ1) is 14.0. The number of hydrogen-bond donors (Lipinski definition) is 1. The molecule has 0 aromatic heterocycles. The van der Waals surface area contributed by atoms with E-state index < -0.39 is 0 Å². The third-order valence-electron chi connectivity index (χ3n) is 5.14. The zero-order valence-electron chi connectivity index (χ0n) is 16.8. The predicted molar refractivity (Wildman–Crippen MR) is 118 cm³/mol. The van der Waals surface area contributed by atoms with Gasteiger partial charge in [-0.15, -0.1) is 0 Å². The number of amides is 1. The number of nitrogens with zero attached hydrogens (tertiary/aromatic N) is 3. The monoisotopic (exact) mass is 408 g/mol. The lowest BCUT2D eigenvalue weighted by Gasteiger charge is -2.35. The van der Waals surface area contributed by atoms with Crippen molar-refractivity contribution in [2.75, 3.05) is 36.4 Å². The second-order valence-electron chi connectivity index (χ2n) is 7.07. The molecule has 0 aliphatic carbocycles. The van der Waals surface area contributed by atoms with Crippen LogP contribution < -0.4 is 10.2 Å². The van der Waals surface area contributed by atoms with Gasteiger partial charge in [0.2, 0.25) is 0 Å². The number of rotatable bonds is 5. The van der Waals surface area contributed by atoms with Crippen LogP contribution >= 0.6 is 11.6 Å². The largest absolute Gasteiger partial charge is 0.373 e. The van der Waals surface area contributed by atoms with Gasteiger partial charge in [-0.05, 0) is 42.7 Å². The first-order valence-electron chi connectivity index (χ1n) is 9.78. The minimum absolute atomic E-state index is 0.117. The van der Waals surface area contributed by atoms with Gasteiger partial charge in [-0.3, -0.25) is 4.79 Å². The number of aryl methyl sites for hydroxylation is 2. The lowest BCUT2D eigenvalue weighted by molar-refractivity contribution is -0.112. The van der Waals surface area contributed by atoms with E-state index in [0.717, 1.165) is 60.1 Å². The number of piperazine rings is 1. The van der Waals surface area contributed by atoms with Crippen LogP contribution in [0.25, 0.3) is 0 Å². The molecule has 0 saturated carbocycles. The molecular weight excluding hydrogens is 384 g/mol. The molecule has 1 N–H and O–H groups in total. The van der Waals surface area contributed by atoms with Crippen LogP contribution in [0.5, 0.6) is 0 Å². The van der Waals surface area contributed by atoms with Crippen molar-refractivity contribution < 1.29 is 4.79 Å². The highest BCUT2D eigenvalue weighted by Gasteiger charge is 2.19. The van der Waals surface area contributed by atoms with Crippen LogP contribution in [0.1, 0.15) is 18.1 Å². The third-order valence-corrected chi connectivity index (χ3v) is 5.38. The summed E-state index contributed by atoms with van der Waals surface area (Å²) in [4.78, 5) is 17.0. The Morgan fingerprint density at radius 1 is 1.21 bits per heavy atom. The molecule has 1 aliphatic rings. The predicted octanol–water partition coefficient (Wildman–Crippen LogP) is 4.38. The molecule has 6 heteroatoms. The van der Waals surface area contributed by atoms with E-state index in [0.29, 0.717) is 0 Å². The average Bonchev–Trinajstić information content (AvgIpc) is 2.73. The number of para-hydroxylation sites is 1. The standard InChI is InChI=1S/C23H25ClN4O/c1-3-18-7-4-6-17(2)22(18)26-23(29)19(15-25)16-27-10-12-28(13-11-27)21-9-5-8-20(24)14-21/h4-9,14,16H,3,10-13H2,1-2H3,(H,26,29)/b19-16-. The zero-order valence-corrected chi connectivity index (χ0v) is 17.5. The summed E-state index contributed by atoms with van der Waals surface area (Å²) in [6.45, 7) is 7.07. The number of nitrogens with one attached hydrogen (secondary N) is 1. The molecule has 1 heterocycles. The van der Waals surface area contributed by atoms with Crippen molar-refractivity contribution in [3.05, 3.63) is 70.4 Å². The molecule has 1 fully saturated rings. The summed E-state index contributed by atoms with van der Waals surface area (Å²) in [6, 6.07) is 15.8. The van der Waals surface area contributed by atoms with E-state index in [1.165, 1.54) is 0 Å². The minimum Gasteiger partial charge on any atom is -0.373 e. The molecule has 150 valence electrons. The SMILES string of the molecule is CCc1cccc(C)c1NC(=O)/C(C#N)=C\N1CCN(c2cccc(Cl)c2)CC1. The van der Waals surface area contributed by atoms with Gasteiger partial charge in [-0.1, -0.05) is 42.8 Å². The number of anilines is 2. The Bertz CT molecular complexity index is 956. The summed E-state index contributed by atoms with van der Waals surface area (Å²) in [5.41, 5.74) is 4.06. The third kappa shape index (κ3) is 5.10. The van der Waals surface area contributed by atoms with Crippen molar-refractivity contribution in [1.29, 1.82) is 5.26 Å². The van der Waals surface area contributed by atoms with Crippen molar-refractivity contribution in [2.24, 2.45) is 0 Å². The molecule has 5 nitrogen and oxygen atoms in total. The molecule has 1 saturated heterocycles. The van der Waals surface area contributed by atoms with Gasteiger partial charge in [0, 0.05) is 48.8 Å². The highest BCUT2D eigenvalue weighted by atomic mass is 35.5. The van der Waals surface area contributed by atoms with Crippen LogP contribution in [0, 0.1) is 18.3 Å². The van der Waals surface area contributed by atoms with Gasteiger partial charge in [0.25, 0.3) is 5.91 Å². The quantitative estimate of drug-likeness (QED) is 0.589. The number of nitriles is 1. The van der Waals surface area contributed by atoms with Crippen LogP contribution in [-0.2, 0) is 11.2 Å². The maximum atomic E-state index is 12.7. The fourth-order valence-electron chi connectivity index (χ4n) is 3.49. The average molecular weight is 409 g/mol. The van der Waals surface area contributed by atoms with E-state index in [1.54, 1.807) is 6.20 Å². The molecule has 1 aliphatic heterocycles. The lowest BCUT2D eigenvalue weighted by Crippen LogP contribution is -2.44. The Morgan fingerprint density at radius 2 is 1.93 bits per heavy atom. The van der Waals surface area contributed by atoms with E-state index >= 15 is 0 Å². The Morgan fingerprint density at radius 3 is 2.59 bits per heavy atom. The van der Waals surface area contributed by atoms with Crippen LogP contribution in [0.15, 0.2) is 54.2 Å². The second-order valence-corrected chi connectivity index (χ2v) is 7.51. The van der Waals surface area contributed by atoms with Crippen molar-refractivity contribution in [3.8, 4) is 6.07 Å². The smallest absolute Gasteiger partial charge is 0.267 e. The summed E-state index contributed by atoms with van der Waals surface area (Å²) in [5, 5.41) is 13.2. The second kappa shape index (κ2) is 9.49. The Hall–Kier alpha value is -2.97. The Balaban J connectivity index is 1.66. The van der Waals surface area contributed by atoms with E-state index in [4.69, 9.17) is 11.6 Å². The summed E-state index contributed by atoms with van der Waals surface area (Å²) < 4.78 is 0. The van der Waals surface area contributed by atoms with E-state index in [2.05, 4.69) is 16.3 Å². The molecule has 1 amide bonds. The lowest BCUT2D eigenvalue weighted by atomic mass is 10.1. The number of carbonyl (C=O) groups is 1. The first-order valence-corrected chi connectivity index (χ1v) is 10.2. The van der Waals surface area contributed by atoms with E-state index in [9.17, 15) is 10.1 Å². The number of benzene rings is 2. The molecule has 29 heavy (non-hydrogen) atoms. The van der Waals surface area contributed by atoms with Crippen molar-refractivity contribution in [2.45, 2.75) is 20.3 Å². The van der Waals surface area contributed by atoms with Crippen LogP contribution in [0.2, 0.25) is 5.02 Å². The molecule has 0 unspecified atom stereocenters. The zero-order chi connectivity index (χ0) is 20.8. The first kappa shape index (κ1) is 20.8. The van der Waals surface area contributed by atoms with Gasteiger partial charge in [0.1, 0.15) is 11.6 Å². The molecule has 0 atom stereocenters.